The highest BCUT2D eigenvalue weighted by Crippen LogP contribution is 2.23. The maximum absolute atomic E-state index is 12.3. The zero-order chi connectivity index (χ0) is 13.4. The van der Waals surface area contributed by atoms with Crippen molar-refractivity contribution in [2.45, 2.75) is 25.4 Å². The molecule has 2 aliphatic rings. The van der Waals surface area contributed by atoms with Crippen molar-refractivity contribution < 1.29 is 9.59 Å². The van der Waals surface area contributed by atoms with Gasteiger partial charge in [-0.2, -0.15) is 5.10 Å². The summed E-state index contributed by atoms with van der Waals surface area (Å²) in [6, 6.07) is 1.48. The molecule has 2 amide bonds. The molecule has 0 bridgehead atoms. The predicted molar refractivity (Wildman–Crippen MR) is 68.0 cm³/mol. The number of anilines is 1. The predicted octanol–water partition coefficient (Wildman–Crippen LogP) is -0.702. The summed E-state index contributed by atoms with van der Waals surface area (Å²) in [6.45, 7) is 1.96. The Morgan fingerprint density at radius 2 is 2.21 bits per heavy atom. The van der Waals surface area contributed by atoms with Gasteiger partial charge in [-0.3, -0.25) is 14.3 Å². The summed E-state index contributed by atoms with van der Waals surface area (Å²) in [4.78, 5) is 27.5. The number of nitrogen functional groups attached to an aromatic ring is 1. The normalized spacial score (nSPS) is 23.1. The molecule has 2 saturated heterocycles. The van der Waals surface area contributed by atoms with Gasteiger partial charge in [-0.05, 0) is 18.9 Å². The lowest BCUT2D eigenvalue weighted by molar-refractivity contribution is -0.153. The molecule has 0 radical (unpaired) electrons. The van der Waals surface area contributed by atoms with E-state index in [0.717, 1.165) is 19.4 Å². The highest BCUT2D eigenvalue weighted by Gasteiger charge is 2.41. The molecule has 7 nitrogen and oxygen atoms in total. The molecule has 1 aromatic heterocycles. The third-order valence-corrected chi connectivity index (χ3v) is 3.76. The van der Waals surface area contributed by atoms with Gasteiger partial charge in [-0.25, -0.2) is 0 Å². The fourth-order valence-electron chi connectivity index (χ4n) is 2.78. The van der Waals surface area contributed by atoms with Gasteiger partial charge in [0.2, 0.25) is 11.8 Å². The first-order valence-corrected chi connectivity index (χ1v) is 6.52. The SMILES string of the molecule is Nc1ccn(CCN2CC(=O)N3CCCC3C2=O)n1. The molecular weight excluding hydrogens is 246 g/mol. The van der Waals surface area contributed by atoms with Crippen LogP contribution in [0, 0.1) is 0 Å². The minimum absolute atomic E-state index is 0.0575. The van der Waals surface area contributed by atoms with Crippen molar-refractivity contribution in [1.82, 2.24) is 19.6 Å². The van der Waals surface area contributed by atoms with Gasteiger partial charge >= 0.3 is 0 Å². The summed E-state index contributed by atoms with van der Waals surface area (Å²) in [5.74, 6) is 0.585. The molecule has 7 heteroatoms. The van der Waals surface area contributed by atoms with Gasteiger partial charge in [0.25, 0.3) is 0 Å². The van der Waals surface area contributed by atoms with E-state index in [-0.39, 0.29) is 24.4 Å². The second-order valence-electron chi connectivity index (χ2n) is 5.01. The molecule has 1 atom stereocenters. The molecule has 2 N–H and O–H groups in total. The molecule has 0 aliphatic carbocycles. The van der Waals surface area contributed by atoms with E-state index in [1.807, 2.05) is 0 Å². The van der Waals surface area contributed by atoms with Gasteiger partial charge in [0.1, 0.15) is 11.9 Å². The van der Waals surface area contributed by atoms with Crippen LogP contribution >= 0.6 is 0 Å². The van der Waals surface area contributed by atoms with Gasteiger partial charge in [0.15, 0.2) is 0 Å². The Bertz CT molecular complexity index is 512. The van der Waals surface area contributed by atoms with Crippen LogP contribution in [0.3, 0.4) is 0 Å². The number of aromatic nitrogens is 2. The molecule has 0 spiro atoms. The summed E-state index contributed by atoms with van der Waals surface area (Å²) < 4.78 is 1.69. The Labute approximate surface area is 110 Å². The molecule has 0 aromatic carbocycles. The summed E-state index contributed by atoms with van der Waals surface area (Å²) >= 11 is 0. The van der Waals surface area contributed by atoms with Crippen LogP contribution in [0.1, 0.15) is 12.8 Å². The zero-order valence-corrected chi connectivity index (χ0v) is 10.7. The molecule has 19 heavy (non-hydrogen) atoms. The fraction of sp³-hybridized carbons (Fsp3) is 0.583. The second kappa shape index (κ2) is 4.56. The lowest BCUT2D eigenvalue weighted by Crippen LogP contribution is -2.57. The van der Waals surface area contributed by atoms with Crippen molar-refractivity contribution in [2.24, 2.45) is 0 Å². The van der Waals surface area contributed by atoms with E-state index in [9.17, 15) is 9.59 Å². The Morgan fingerprint density at radius 1 is 1.37 bits per heavy atom. The van der Waals surface area contributed by atoms with Crippen molar-refractivity contribution in [3.8, 4) is 0 Å². The van der Waals surface area contributed by atoms with Crippen molar-refractivity contribution >= 4 is 17.6 Å². The summed E-state index contributed by atoms with van der Waals surface area (Å²) in [5, 5.41) is 4.07. The van der Waals surface area contributed by atoms with Gasteiger partial charge in [-0.15, -0.1) is 0 Å². The number of rotatable bonds is 3. The van der Waals surface area contributed by atoms with Crippen molar-refractivity contribution in [2.75, 3.05) is 25.4 Å². The van der Waals surface area contributed by atoms with E-state index in [1.165, 1.54) is 0 Å². The third-order valence-electron chi connectivity index (χ3n) is 3.76. The molecule has 1 unspecified atom stereocenters. The number of carbonyl (C=O) groups is 2. The quantitative estimate of drug-likeness (QED) is 0.781. The average Bonchev–Trinajstić information content (AvgIpc) is 3.01. The number of nitrogens with two attached hydrogens (primary N) is 1. The van der Waals surface area contributed by atoms with Crippen LogP contribution < -0.4 is 5.73 Å². The maximum Gasteiger partial charge on any atom is 0.245 e. The molecule has 2 fully saturated rings. The van der Waals surface area contributed by atoms with E-state index in [1.54, 1.807) is 26.7 Å². The standard InChI is InChI=1S/C12H17N5O2/c13-10-3-5-16(14-10)7-6-15-8-11(18)17-4-1-2-9(17)12(15)19/h3,5,9H,1-2,4,6-8H2,(H2,13,14). The van der Waals surface area contributed by atoms with Gasteiger partial charge in [0.05, 0.1) is 13.1 Å². The smallest absolute Gasteiger partial charge is 0.245 e. The van der Waals surface area contributed by atoms with Crippen LogP contribution in [0.4, 0.5) is 5.82 Å². The highest BCUT2D eigenvalue weighted by molar-refractivity contribution is 5.95. The van der Waals surface area contributed by atoms with E-state index in [4.69, 9.17) is 5.73 Å². The Balaban J connectivity index is 1.64. The van der Waals surface area contributed by atoms with E-state index >= 15 is 0 Å². The Kier molecular flexibility index (Phi) is 2.88. The van der Waals surface area contributed by atoms with Crippen LogP contribution in [0.15, 0.2) is 12.3 Å². The molecule has 3 rings (SSSR count). The first kappa shape index (κ1) is 12.0. The summed E-state index contributed by atoms with van der Waals surface area (Å²) in [5.41, 5.74) is 5.53. The van der Waals surface area contributed by atoms with Crippen LogP contribution in [-0.4, -0.2) is 57.1 Å². The van der Waals surface area contributed by atoms with Gasteiger partial charge < -0.3 is 15.5 Å². The van der Waals surface area contributed by atoms with E-state index in [0.29, 0.717) is 18.9 Å². The molecular formula is C12H17N5O2. The minimum atomic E-state index is -0.232. The monoisotopic (exact) mass is 263 g/mol. The highest BCUT2D eigenvalue weighted by atomic mass is 16.2. The number of amides is 2. The lowest BCUT2D eigenvalue weighted by Gasteiger charge is -2.36. The molecule has 102 valence electrons. The van der Waals surface area contributed by atoms with Crippen LogP contribution in [-0.2, 0) is 16.1 Å². The van der Waals surface area contributed by atoms with E-state index in [2.05, 4.69) is 5.10 Å². The number of fused-ring (bicyclic) bond motifs is 1. The number of piperazine rings is 1. The number of carbonyl (C=O) groups excluding carboxylic acids is 2. The Hall–Kier alpha value is -2.05. The fourth-order valence-corrected chi connectivity index (χ4v) is 2.78. The summed E-state index contributed by atoms with van der Waals surface area (Å²) in [6.07, 6.45) is 3.48. The Morgan fingerprint density at radius 3 is 2.95 bits per heavy atom. The van der Waals surface area contributed by atoms with Gasteiger partial charge in [-0.1, -0.05) is 0 Å². The maximum atomic E-state index is 12.3. The second-order valence-corrected chi connectivity index (χ2v) is 5.01. The topological polar surface area (TPSA) is 84.5 Å². The first-order chi connectivity index (χ1) is 9.15. The molecule has 0 saturated carbocycles. The van der Waals surface area contributed by atoms with Crippen molar-refractivity contribution in [3.05, 3.63) is 12.3 Å². The number of hydrogen-bond acceptors (Lipinski definition) is 4. The van der Waals surface area contributed by atoms with Gasteiger partial charge in [0, 0.05) is 19.3 Å². The van der Waals surface area contributed by atoms with Crippen LogP contribution in [0.5, 0.6) is 0 Å². The lowest BCUT2D eigenvalue weighted by atomic mass is 10.1. The van der Waals surface area contributed by atoms with Crippen molar-refractivity contribution in [3.63, 3.8) is 0 Å². The zero-order valence-electron chi connectivity index (χ0n) is 10.7. The molecule has 3 heterocycles. The van der Waals surface area contributed by atoms with Crippen LogP contribution in [0.25, 0.3) is 0 Å². The average molecular weight is 263 g/mol. The summed E-state index contributed by atoms with van der Waals surface area (Å²) in [7, 11) is 0. The largest absolute Gasteiger partial charge is 0.382 e. The van der Waals surface area contributed by atoms with E-state index < -0.39 is 0 Å². The number of nitrogens with zero attached hydrogens (tertiary/aromatic N) is 4. The third kappa shape index (κ3) is 2.16. The first-order valence-electron chi connectivity index (χ1n) is 6.52. The van der Waals surface area contributed by atoms with Crippen molar-refractivity contribution in [1.29, 1.82) is 0 Å². The molecule has 2 aliphatic heterocycles. The minimum Gasteiger partial charge on any atom is -0.382 e. The van der Waals surface area contributed by atoms with Crippen LogP contribution in [0.2, 0.25) is 0 Å². The molecule has 1 aromatic rings. The number of hydrogen-bond donors (Lipinski definition) is 1.